The number of ether oxygens (including phenoxy) is 1. The van der Waals surface area contributed by atoms with E-state index in [0.29, 0.717) is 36.0 Å². The van der Waals surface area contributed by atoms with Gasteiger partial charge in [0, 0.05) is 23.4 Å². The summed E-state index contributed by atoms with van der Waals surface area (Å²) in [6, 6.07) is 5.40. The SMILES string of the molecule is O=C(O)c1csc(CCNC(=O)C2COc3ccc(Cl)cc3C2)n1. The van der Waals surface area contributed by atoms with Gasteiger partial charge in [0.05, 0.1) is 10.9 Å². The van der Waals surface area contributed by atoms with Crippen molar-refractivity contribution in [3.8, 4) is 5.75 Å². The minimum Gasteiger partial charge on any atom is -0.492 e. The molecule has 1 unspecified atom stereocenters. The van der Waals surface area contributed by atoms with E-state index in [4.69, 9.17) is 21.4 Å². The number of thiazole rings is 1. The van der Waals surface area contributed by atoms with Gasteiger partial charge >= 0.3 is 5.97 Å². The lowest BCUT2D eigenvalue weighted by Crippen LogP contribution is -2.38. The van der Waals surface area contributed by atoms with E-state index >= 15 is 0 Å². The smallest absolute Gasteiger partial charge is 0.355 e. The maximum atomic E-state index is 12.3. The Labute approximate surface area is 147 Å². The third-order valence-corrected chi connectivity index (χ3v) is 4.85. The molecule has 1 aliphatic rings. The molecular weight excluding hydrogens is 352 g/mol. The van der Waals surface area contributed by atoms with Crippen LogP contribution >= 0.6 is 22.9 Å². The average molecular weight is 367 g/mol. The number of carbonyl (C=O) groups excluding carboxylic acids is 1. The number of carboxylic acids is 1. The highest BCUT2D eigenvalue weighted by Gasteiger charge is 2.26. The summed E-state index contributed by atoms with van der Waals surface area (Å²) in [7, 11) is 0. The number of amides is 1. The lowest BCUT2D eigenvalue weighted by molar-refractivity contribution is -0.126. The number of fused-ring (bicyclic) bond motifs is 1. The van der Waals surface area contributed by atoms with Crippen LogP contribution in [-0.4, -0.2) is 35.1 Å². The second-order valence-electron chi connectivity index (χ2n) is 5.44. The van der Waals surface area contributed by atoms with Crippen molar-refractivity contribution in [2.75, 3.05) is 13.2 Å². The van der Waals surface area contributed by atoms with Gasteiger partial charge in [0.2, 0.25) is 5.91 Å². The third-order valence-electron chi connectivity index (χ3n) is 3.71. The first kappa shape index (κ1) is 16.7. The van der Waals surface area contributed by atoms with E-state index in [9.17, 15) is 9.59 Å². The molecule has 0 radical (unpaired) electrons. The largest absolute Gasteiger partial charge is 0.492 e. The Kier molecular flexibility index (Phi) is 5.01. The highest BCUT2D eigenvalue weighted by atomic mass is 35.5. The minimum atomic E-state index is -1.04. The van der Waals surface area contributed by atoms with Gasteiger partial charge in [0.25, 0.3) is 0 Å². The number of nitrogens with one attached hydrogen (secondary N) is 1. The highest BCUT2D eigenvalue weighted by Crippen LogP contribution is 2.29. The molecule has 8 heteroatoms. The predicted molar refractivity (Wildman–Crippen MR) is 89.9 cm³/mol. The molecular formula is C16H15ClN2O4S. The second-order valence-corrected chi connectivity index (χ2v) is 6.82. The van der Waals surface area contributed by atoms with Gasteiger partial charge in [-0.15, -0.1) is 11.3 Å². The van der Waals surface area contributed by atoms with Crippen LogP contribution in [0.15, 0.2) is 23.6 Å². The van der Waals surface area contributed by atoms with Crippen LogP contribution < -0.4 is 10.1 Å². The fourth-order valence-corrected chi connectivity index (χ4v) is 3.46. The van der Waals surface area contributed by atoms with E-state index in [2.05, 4.69) is 10.3 Å². The molecule has 2 heterocycles. The Bertz CT molecular complexity index is 777. The summed E-state index contributed by atoms with van der Waals surface area (Å²) < 4.78 is 5.61. The quantitative estimate of drug-likeness (QED) is 0.848. The molecule has 0 bridgehead atoms. The molecule has 0 spiro atoms. The number of nitrogens with zero attached hydrogens (tertiary/aromatic N) is 1. The summed E-state index contributed by atoms with van der Waals surface area (Å²) in [5, 5.41) is 14.5. The molecule has 1 atom stereocenters. The summed E-state index contributed by atoms with van der Waals surface area (Å²) in [4.78, 5) is 27.0. The van der Waals surface area contributed by atoms with E-state index < -0.39 is 5.97 Å². The summed E-state index contributed by atoms with van der Waals surface area (Å²) in [5.41, 5.74) is 0.968. The van der Waals surface area contributed by atoms with E-state index in [1.165, 1.54) is 16.7 Å². The van der Waals surface area contributed by atoms with Crippen LogP contribution in [0.5, 0.6) is 5.75 Å². The second kappa shape index (κ2) is 7.19. The van der Waals surface area contributed by atoms with Gasteiger partial charge in [0.1, 0.15) is 12.4 Å². The molecule has 1 aliphatic heterocycles. The van der Waals surface area contributed by atoms with E-state index in [1.807, 2.05) is 12.1 Å². The van der Waals surface area contributed by atoms with Crippen molar-refractivity contribution < 1.29 is 19.4 Å². The Hall–Kier alpha value is -2.12. The number of carbonyl (C=O) groups is 2. The highest BCUT2D eigenvalue weighted by molar-refractivity contribution is 7.09. The number of rotatable bonds is 5. The van der Waals surface area contributed by atoms with E-state index in [1.54, 1.807) is 6.07 Å². The lowest BCUT2D eigenvalue weighted by atomic mass is 9.96. The molecule has 1 amide bonds. The van der Waals surface area contributed by atoms with Crippen molar-refractivity contribution in [2.45, 2.75) is 12.8 Å². The van der Waals surface area contributed by atoms with Crippen LogP contribution in [0.1, 0.15) is 21.1 Å². The number of carboxylic acid groups (broad SMARTS) is 1. The fraction of sp³-hybridized carbons (Fsp3) is 0.312. The van der Waals surface area contributed by atoms with Gasteiger partial charge in [-0.2, -0.15) is 0 Å². The minimum absolute atomic E-state index is 0.0375. The van der Waals surface area contributed by atoms with Gasteiger partial charge in [-0.25, -0.2) is 9.78 Å². The molecule has 1 aromatic carbocycles. The van der Waals surface area contributed by atoms with Crippen molar-refractivity contribution in [1.29, 1.82) is 0 Å². The number of hydrogen-bond acceptors (Lipinski definition) is 5. The number of aromatic carboxylic acids is 1. The van der Waals surface area contributed by atoms with Gasteiger partial charge in [-0.05, 0) is 30.2 Å². The average Bonchev–Trinajstić information content (AvgIpc) is 3.03. The topological polar surface area (TPSA) is 88.5 Å². The molecule has 0 aliphatic carbocycles. The molecule has 2 aromatic rings. The summed E-state index contributed by atoms with van der Waals surface area (Å²) in [6.45, 7) is 0.741. The van der Waals surface area contributed by atoms with Gasteiger partial charge in [-0.1, -0.05) is 11.6 Å². The van der Waals surface area contributed by atoms with Crippen LogP contribution in [0.25, 0.3) is 0 Å². The third kappa shape index (κ3) is 3.85. The van der Waals surface area contributed by atoms with Crippen LogP contribution in [-0.2, 0) is 17.6 Å². The number of aromatic nitrogens is 1. The van der Waals surface area contributed by atoms with Crippen LogP contribution in [0, 0.1) is 5.92 Å². The molecule has 2 N–H and O–H groups in total. The first-order valence-corrected chi connectivity index (χ1v) is 8.65. The van der Waals surface area contributed by atoms with Crippen LogP contribution in [0.2, 0.25) is 5.02 Å². The zero-order valence-electron chi connectivity index (χ0n) is 12.6. The predicted octanol–water partition coefficient (Wildman–Crippen LogP) is 2.40. The maximum absolute atomic E-state index is 12.3. The molecule has 24 heavy (non-hydrogen) atoms. The van der Waals surface area contributed by atoms with Crippen LogP contribution in [0.3, 0.4) is 0 Å². The maximum Gasteiger partial charge on any atom is 0.355 e. The van der Waals surface area contributed by atoms with Gasteiger partial charge in [-0.3, -0.25) is 4.79 Å². The van der Waals surface area contributed by atoms with Gasteiger partial charge in [0.15, 0.2) is 5.69 Å². The van der Waals surface area contributed by atoms with Crippen molar-refractivity contribution in [1.82, 2.24) is 10.3 Å². The fourth-order valence-electron chi connectivity index (χ4n) is 2.49. The van der Waals surface area contributed by atoms with Crippen molar-refractivity contribution >= 4 is 34.8 Å². The normalized spacial score (nSPS) is 16.1. The Morgan fingerprint density at radius 3 is 3.04 bits per heavy atom. The Balaban J connectivity index is 1.51. The molecule has 3 rings (SSSR count). The standard InChI is InChI=1S/C16H15ClN2O4S/c17-11-1-2-13-9(6-11)5-10(7-23-13)15(20)18-4-3-14-19-12(8-24-14)16(21)22/h1-2,6,8,10H,3-5,7H2,(H,18,20)(H,21,22). The monoisotopic (exact) mass is 366 g/mol. The Morgan fingerprint density at radius 2 is 2.29 bits per heavy atom. The molecule has 0 saturated heterocycles. The molecule has 6 nitrogen and oxygen atoms in total. The number of hydrogen-bond donors (Lipinski definition) is 2. The summed E-state index contributed by atoms with van der Waals surface area (Å²) in [6.07, 6.45) is 1.09. The van der Waals surface area contributed by atoms with Crippen molar-refractivity contribution in [3.63, 3.8) is 0 Å². The summed E-state index contributed by atoms with van der Waals surface area (Å²) >= 11 is 7.25. The zero-order valence-corrected chi connectivity index (χ0v) is 14.2. The van der Waals surface area contributed by atoms with Crippen molar-refractivity contribution in [3.05, 3.63) is 44.9 Å². The molecule has 0 saturated carbocycles. The van der Waals surface area contributed by atoms with Crippen molar-refractivity contribution in [2.24, 2.45) is 5.92 Å². The lowest BCUT2D eigenvalue weighted by Gasteiger charge is -2.24. The first-order chi connectivity index (χ1) is 11.5. The summed E-state index contributed by atoms with van der Waals surface area (Å²) in [5.74, 6) is -0.622. The Morgan fingerprint density at radius 1 is 1.46 bits per heavy atom. The van der Waals surface area contributed by atoms with E-state index in [0.717, 1.165) is 11.3 Å². The first-order valence-electron chi connectivity index (χ1n) is 7.39. The molecule has 126 valence electrons. The van der Waals surface area contributed by atoms with Crippen LogP contribution in [0.4, 0.5) is 0 Å². The molecule has 0 fully saturated rings. The number of benzene rings is 1. The molecule has 1 aromatic heterocycles. The number of halogens is 1. The van der Waals surface area contributed by atoms with Gasteiger partial charge < -0.3 is 15.2 Å². The zero-order chi connectivity index (χ0) is 17.1. The van der Waals surface area contributed by atoms with E-state index in [-0.39, 0.29) is 17.5 Å².